The highest BCUT2D eigenvalue weighted by molar-refractivity contribution is 5.58. The molecule has 1 N–H and O–H groups in total. The van der Waals surface area contributed by atoms with Crippen LogP contribution < -0.4 is 0 Å². The predicted octanol–water partition coefficient (Wildman–Crippen LogP) is 2.21. The lowest BCUT2D eigenvalue weighted by Gasteiger charge is -2.13. The van der Waals surface area contributed by atoms with Gasteiger partial charge in [0, 0.05) is 5.41 Å². The topological polar surface area (TPSA) is 40.9 Å². The molecular formula is C9H15NO. The second kappa shape index (κ2) is 5.05. The molecule has 2 heteroatoms. The lowest BCUT2D eigenvalue weighted by atomic mass is 9.89. The van der Waals surface area contributed by atoms with Gasteiger partial charge in [-0.1, -0.05) is 20.3 Å². The molecule has 62 valence electrons. The van der Waals surface area contributed by atoms with Crippen LogP contribution in [0.1, 0.15) is 39.5 Å². The van der Waals surface area contributed by atoms with Crippen LogP contribution in [0.5, 0.6) is 0 Å². The Labute approximate surface area is 68.5 Å². The Morgan fingerprint density at radius 2 is 2.00 bits per heavy atom. The summed E-state index contributed by atoms with van der Waals surface area (Å²) in [7, 11) is 0. The van der Waals surface area contributed by atoms with Crippen LogP contribution in [0.25, 0.3) is 0 Å². The van der Waals surface area contributed by atoms with Crippen molar-refractivity contribution in [2.75, 3.05) is 0 Å². The van der Waals surface area contributed by atoms with Crippen LogP contribution in [0, 0.1) is 10.8 Å². The monoisotopic (exact) mass is 153 g/mol. The first-order valence-electron chi connectivity index (χ1n) is 3.91. The lowest BCUT2D eigenvalue weighted by molar-refractivity contribution is 0.410. The van der Waals surface area contributed by atoms with Crippen LogP contribution >= 0.6 is 0 Å². The van der Waals surface area contributed by atoms with E-state index in [4.69, 9.17) is 5.41 Å². The van der Waals surface area contributed by atoms with Gasteiger partial charge >= 0.3 is 0 Å². The van der Waals surface area contributed by atoms with Gasteiger partial charge < -0.3 is 5.41 Å². The average molecular weight is 153 g/mol. The maximum Gasteiger partial charge on any atom is 0.204 e. The fourth-order valence-corrected chi connectivity index (χ4v) is 0.831. The zero-order valence-electron chi connectivity index (χ0n) is 7.24. The minimum atomic E-state index is -0.304. The van der Waals surface area contributed by atoms with Crippen molar-refractivity contribution in [1.82, 2.24) is 0 Å². The van der Waals surface area contributed by atoms with E-state index in [1.807, 2.05) is 20.1 Å². The Morgan fingerprint density at radius 1 is 1.36 bits per heavy atom. The van der Waals surface area contributed by atoms with Gasteiger partial charge in [0.15, 0.2) is 0 Å². The number of carbonyl (C=O) groups excluding carboxylic acids is 1. The minimum absolute atomic E-state index is 0.304. The molecule has 0 aliphatic heterocycles. The fraction of sp³-hybridized carbons (Fsp3) is 0.778. The third-order valence-corrected chi connectivity index (χ3v) is 1.63. The Balaban J connectivity index is 3.37. The summed E-state index contributed by atoms with van der Waals surface area (Å²) in [4.78, 5) is 10.3. The van der Waals surface area contributed by atoms with E-state index < -0.39 is 0 Å². The number of hydrogen-bond donors (Lipinski definition) is 1. The van der Waals surface area contributed by atoms with E-state index in [2.05, 4.69) is 6.21 Å². The van der Waals surface area contributed by atoms with Crippen LogP contribution in [0.4, 0.5) is 0 Å². The minimum Gasteiger partial charge on any atom is -0.303 e. The van der Waals surface area contributed by atoms with Crippen molar-refractivity contribution in [3.05, 3.63) is 0 Å². The first-order valence-corrected chi connectivity index (χ1v) is 3.91. The van der Waals surface area contributed by atoms with Gasteiger partial charge in [-0.3, -0.25) is 4.79 Å². The van der Waals surface area contributed by atoms with E-state index in [0.717, 1.165) is 19.3 Å². The summed E-state index contributed by atoms with van der Waals surface area (Å²) in [6, 6.07) is 0. The molecule has 2 nitrogen and oxygen atoms in total. The molecule has 0 bridgehead atoms. The maximum absolute atomic E-state index is 10.3. The summed E-state index contributed by atoms with van der Waals surface area (Å²) in [5, 5.41) is 6.65. The van der Waals surface area contributed by atoms with E-state index in [9.17, 15) is 4.79 Å². The first kappa shape index (κ1) is 10.3. The smallest absolute Gasteiger partial charge is 0.204 e. The molecule has 0 unspecified atom stereocenters. The Hall–Kier alpha value is -0.660. The highest BCUT2D eigenvalue weighted by Gasteiger charge is 2.16. The summed E-state index contributed by atoms with van der Waals surface area (Å²) < 4.78 is 0. The molecule has 0 heterocycles. The molecule has 0 aliphatic rings. The molecule has 0 aliphatic carbocycles. The van der Waals surface area contributed by atoms with Crippen LogP contribution in [-0.4, -0.2) is 12.5 Å². The standard InChI is InChI=1S/C9H15NO/c1-9(2,8-11)6-4-3-5-7-10/h10H,3-6H2,1-2H3. The molecular weight excluding hydrogens is 138 g/mol. The van der Waals surface area contributed by atoms with E-state index in [1.54, 1.807) is 0 Å². The Bertz CT molecular complexity index is 130. The summed E-state index contributed by atoms with van der Waals surface area (Å²) in [6.07, 6.45) is 7.82. The van der Waals surface area contributed by atoms with Gasteiger partial charge in [0.05, 0.1) is 6.21 Å². The molecule has 11 heavy (non-hydrogen) atoms. The van der Waals surface area contributed by atoms with Gasteiger partial charge in [-0.15, -0.1) is 0 Å². The average Bonchev–Trinajstić information content (AvgIpc) is 1.99. The van der Waals surface area contributed by atoms with Crippen LogP contribution in [-0.2, 0) is 4.79 Å². The fourth-order valence-electron chi connectivity index (χ4n) is 0.831. The molecule has 2 radical (unpaired) electrons. The van der Waals surface area contributed by atoms with Crippen molar-refractivity contribution in [2.45, 2.75) is 39.5 Å². The number of rotatable bonds is 6. The second-order valence-electron chi connectivity index (χ2n) is 3.37. The van der Waals surface area contributed by atoms with Gasteiger partial charge in [-0.2, -0.15) is 0 Å². The molecule has 0 saturated carbocycles. The molecule has 0 saturated heterocycles. The summed E-state index contributed by atoms with van der Waals surface area (Å²) >= 11 is 0. The third-order valence-electron chi connectivity index (χ3n) is 1.63. The third kappa shape index (κ3) is 5.77. The van der Waals surface area contributed by atoms with E-state index in [-0.39, 0.29) is 5.41 Å². The quantitative estimate of drug-likeness (QED) is 0.461. The number of hydrogen-bond acceptors (Lipinski definition) is 2. The van der Waals surface area contributed by atoms with Gasteiger partial charge in [-0.25, -0.2) is 0 Å². The SMILES string of the molecule is CC(C)([C]=O)CCCC[C]=N. The second-order valence-corrected chi connectivity index (χ2v) is 3.37. The Morgan fingerprint density at radius 3 is 2.45 bits per heavy atom. The molecule has 0 spiro atoms. The van der Waals surface area contributed by atoms with E-state index in [1.165, 1.54) is 0 Å². The lowest BCUT2D eigenvalue weighted by Crippen LogP contribution is -2.12. The normalized spacial score (nSPS) is 11.1. The summed E-state index contributed by atoms with van der Waals surface area (Å²) in [5.74, 6) is 0. The van der Waals surface area contributed by atoms with Gasteiger partial charge in [0.25, 0.3) is 0 Å². The molecule has 0 aromatic rings. The molecule has 0 amide bonds. The van der Waals surface area contributed by atoms with Crippen LogP contribution in [0.2, 0.25) is 0 Å². The summed E-state index contributed by atoms with van der Waals surface area (Å²) in [5.41, 5.74) is -0.304. The molecule has 0 aromatic heterocycles. The van der Waals surface area contributed by atoms with Crippen molar-refractivity contribution in [2.24, 2.45) is 5.41 Å². The van der Waals surface area contributed by atoms with E-state index in [0.29, 0.717) is 6.42 Å². The van der Waals surface area contributed by atoms with Crippen molar-refractivity contribution < 1.29 is 4.79 Å². The molecule has 0 fully saturated rings. The largest absolute Gasteiger partial charge is 0.303 e. The highest BCUT2D eigenvalue weighted by Crippen LogP contribution is 2.19. The van der Waals surface area contributed by atoms with Crippen molar-refractivity contribution >= 4 is 12.5 Å². The van der Waals surface area contributed by atoms with Crippen molar-refractivity contribution in [3.63, 3.8) is 0 Å². The van der Waals surface area contributed by atoms with Gasteiger partial charge in [0.2, 0.25) is 6.29 Å². The zero-order chi connectivity index (χ0) is 8.74. The molecule has 0 rings (SSSR count). The highest BCUT2D eigenvalue weighted by atomic mass is 16.1. The van der Waals surface area contributed by atoms with Crippen molar-refractivity contribution in [3.8, 4) is 0 Å². The predicted molar refractivity (Wildman–Crippen MR) is 45.7 cm³/mol. The molecule has 0 aromatic carbocycles. The van der Waals surface area contributed by atoms with Crippen molar-refractivity contribution in [1.29, 1.82) is 5.41 Å². The summed E-state index contributed by atoms with van der Waals surface area (Å²) in [6.45, 7) is 3.77. The number of unbranched alkanes of at least 4 members (excludes halogenated alkanes) is 2. The van der Waals surface area contributed by atoms with Gasteiger partial charge in [-0.05, 0) is 19.3 Å². The number of nitrogens with one attached hydrogen (secondary N) is 1. The first-order chi connectivity index (χ1) is 5.12. The maximum atomic E-state index is 10.3. The van der Waals surface area contributed by atoms with Gasteiger partial charge in [0.1, 0.15) is 0 Å². The van der Waals surface area contributed by atoms with E-state index >= 15 is 0 Å². The van der Waals surface area contributed by atoms with Crippen LogP contribution in [0.3, 0.4) is 0 Å². The molecule has 0 atom stereocenters. The zero-order valence-corrected chi connectivity index (χ0v) is 7.24. The Kier molecular flexibility index (Phi) is 4.75. The van der Waals surface area contributed by atoms with Crippen LogP contribution in [0.15, 0.2) is 0 Å².